The molecule has 1 unspecified atom stereocenters. The van der Waals surface area contributed by atoms with Gasteiger partial charge in [0.15, 0.2) is 0 Å². The molecule has 1 aromatic rings. The van der Waals surface area contributed by atoms with Gasteiger partial charge in [0.25, 0.3) is 0 Å². The molecular weight excluding hydrogens is 226 g/mol. The first kappa shape index (κ1) is 13.4. The van der Waals surface area contributed by atoms with Gasteiger partial charge in [-0.3, -0.25) is 0 Å². The molecule has 18 heavy (non-hydrogen) atoms. The fourth-order valence-corrected chi connectivity index (χ4v) is 2.79. The van der Waals surface area contributed by atoms with E-state index in [0.717, 1.165) is 18.6 Å². The minimum atomic E-state index is 0.0661. The Bertz CT molecular complexity index is 382. The van der Waals surface area contributed by atoms with Crippen LogP contribution < -0.4 is 4.74 Å². The van der Waals surface area contributed by atoms with Gasteiger partial charge in [-0.2, -0.15) is 0 Å². The smallest absolute Gasteiger partial charge is 0.119 e. The number of ether oxygens (including phenoxy) is 1. The summed E-state index contributed by atoms with van der Waals surface area (Å²) in [6.07, 6.45) is 2.22. The zero-order valence-electron chi connectivity index (χ0n) is 11.5. The summed E-state index contributed by atoms with van der Waals surface area (Å²) in [6.45, 7) is 2.95. The maximum atomic E-state index is 9.62. The molecule has 1 N–H and O–H groups in total. The summed E-state index contributed by atoms with van der Waals surface area (Å²) in [6, 6.07) is 8.56. The summed E-state index contributed by atoms with van der Waals surface area (Å²) in [5.41, 5.74) is 1.33. The van der Waals surface area contributed by atoms with E-state index in [9.17, 15) is 5.11 Å². The van der Waals surface area contributed by atoms with Crippen molar-refractivity contribution in [3.63, 3.8) is 0 Å². The number of benzene rings is 1. The van der Waals surface area contributed by atoms with E-state index in [1.165, 1.54) is 5.56 Å². The topological polar surface area (TPSA) is 32.7 Å². The molecule has 1 aromatic carbocycles. The fourth-order valence-electron chi connectivity index (χ4n) is 2.79. The molecule has 1 aliphatic carbocycles. The van der Waals surface area contributed by atoms with Crippen LogP contribution in [0.5, 0.6) is 5.75 Å². The largest absolute Gasteiger partial charge is 0.494 e. The molecule has 0 saturated heterocycles. The Morgan fingerprint density at radius 2 is 1.89 bits per heavy atom. The van der Waals surface area contributed by atoms with Crippen LogP contribution in [0.1, 0.15) is 31.4 Å². The van der Waals surface area contributed by atoms with Crippen molar-refractivity contribution in [1.82, 2.24) is 4.90 Å². The second kappa shape index (κ2) is 5.29. The highest BCUT2D eigenvalue weighted by Gasteiger charge is 2.50. The van der Waals surface area contributed by atoms with Gasteiger partial charge in [0.1, 0.15) is 5.75 Å². The van der Waals surface area contributed by atoms with Gasteiger partial charge in [-0.1, -0.05) is 12.1 Å². The maximum absolute atomic E-state index is 9.62. The van der Waals surface area contributed by atoms with Crippen molar-refractivity contribution < 1.29 is 9.84 Å². The molecule has 0 bridgehead atoms. The van der Waals surface area contributed by atoms with Crippen molar-refractivity contribution >= 4 is 0 Å². The molecule has 1 atom stereocenters. The Hall–Kier alpha value is -1.06. The third-order valence-corrected chi connectivity index (χ3v) is 3.81. The summed E-state index contributed by atoms with van der Waals surface area (Å²) in [7, 11) is 4.16. The van der Waals surface area contributed by atoms with Gasteiger partial charge >= 0.3 is 0 Å². The van der Waals surface area contributed by atoms with Crippen molar-refractivity contribution in [1.29, 1.82) is 0 Å². The fraction of sp³-hybridized carbons (Fsp3) is 0.600. The molecule has 2 rings (SSSR count). The quantitative estimate of drug-likeness (QED) is 0.840. The first-order chi connectivity index (χ1) is 8.63. The van der Waals surface area contributed by atoms with Crippen LogP contribution >= 0.6 is 0 Å². The summed E-state index contributed by atoms with van der Waals surface area (Å²) in [5.74, 6) is 0.910. The van der Waals surface area contributed by atoms with Crippen LogP contribution in [-0.2, 0) is 0 Å². The van der Waals surface area contributed by atoms with Crippen molar-refractivity contribution in [2.45, 2.75) is 25.8 Å². The Morgan fingerprint density at radius 1 is 1.28 bits per heavy atom. The molecule has 1 aliphatic rings. The molecular formula is C15H23NO2. The predicted octanol–water partition coefficient (Wildman–Crippen LogP) is 2.46. The van der Waals surface area contributed by atoms with Gasteiger partial charge in [0, 0.05) is 11.5 Å². The number of rotatable bonds is 6. The average molecular weight is 249 g/mol. The number of aliphatic hydroxyl groups is 1. The van der Waals surface area contributed by atoms with E-state index in [1.807, 2.05) is 19.1 Å². The highest BCUT2D eigenvalue weighted by Crippen LogP contribution is 2.56. The summed E-state index contributed by atoms with van der Waals surface area (Å²) in [5, 5.41) is 9.62. The SMILES string of the molecule is CCOc1ccc(C(N(C)C)C2(CO)CC2)cc1. The van der Waals surface area contributed by atoms with E-state index in [2.05, 4.69) is 31.1 Å². The first-order valence-corrected chi connectivity index (χ1v) is 6.63. The van der Waals surface area contributed by atoms with Crippen molar-refractivity contribution in [3.05, 3.63) is 29.8 Å². The molecule has 0 spiro atoms. The molecule has 3 nitrogen and oxygen atoms in total. The van der Waals surface area contributed by atoms with E-state index in [1.54, 1.807) is 0 Å². The van der Waals surface area contributed by atoms with E-state index < -0.39 is 0 Å². The zero-order chi connectivity index (χ0) is 13.2. The zero-order valence-corrected chi connectivity index (χ0v) is 11.5. The highest BCUT2D eigenvalue weighted by atomic mass is 16.5. The standard InChI is InChI=1S/C15H23NO2/c1-4-18-13-7-5-12(6-8-13)14(16(2)3)15(11-17)9-10-15/h5-8,14,17H,4,9-11H2,1-3H3. The average Bonchev–Trinajstić information content (AvgIpc) is 3.13. The lowest BCUT2D eigenvalue weighted by Gasteiger charge is -2.32. The van der Waals surface area contributed by atoms with Gasteiger partial charge in [-0.25, -0.2) is 0 Å². The number of aliphatic hydroxyl groups excluding tert-OH is 1. The molecule has 100 valence electrons. The second-order valence-corrected chi connectivity index (χ2v) is 5.39. The van der Waals surface area contributed by atoms with E-state index in [4.69, 9.17) is 4.74 Å². The van der Waals surface area contributed by atoms with Crippen LogP contribution in [-0.4, -0.2) is 37.3 Å². The maximum Gasteiger partial charge on any atom is 0.119 e. The third kappa shape index (κ3) is 2.52. The Kier molecular flexibility index (Phi) is 3.93. The van der Waals surface area contributed by atoms with Crippen molar-refractivity contribution in [2.24, 2.45) is 5.41 Å². The third-order valence-electron chi connectivity index (χ3n) is 3.81. The van der Waals surface area contributed by atoms with Crippen molar-refractivity contribution in [2.75, 3.05) is 27.3 Å². The molecule has 0 radical (unpaired) electrons. The van der Waals surface area contributed by atoms with Crippen LogP contribution in [0.25, 0.3) is 0 Å². The molecule has 3 heteroatoms. The predicted molar refractivity (Wildman–Crippen MR) is 72.8 cm³/mol. The van der Waals surface area contributed by atoms with Gasteiger partial charge in [-0.05, 0) is 51.6 Å². The number of hydrogen-bond acceptors (Lipinski definition) is 3. The van der Waals surface area contributed by atoms with Gasteiger partial charge in [0.2, 0.25) is 0 Å². The first-order valence-electron chi connectivity index (χ1n) is 6.63. The summed E-state index contributed by atoms with van der Waals surface area (Å²) in [4.78, 5) is 2.21. The van der Waals surface area contributed by atoms with Gasteiger partial charge < -0.3 is 14.7 Å². The molecule has 0 amide bonds. The minimum absolute atomic E-state index is 0.0661. The van der Waals surface area contributed by atoms with E-state index in [0.29, 0.717) is 6.61 Å². The number of nitrogens with zero attached hydrogens (tertiary/aromatic N) is 1. The normalized spacial score (nSPS) is 18.7. The molecule has 0 heterocycles. The molecule has 0 aliphatic heterocycles. The lowest BCUT2D eigenvalue weighted by atomic mass is 9.90. The second-order valence-electron chi connectivity index (χ2n) is 5.39. The van der Waals surface area contributed by atoms with Crippen molar-refractivity contribution in [3.8, 4) is 5.75 Å². The highest BCUT2D eigenvalue weighted by molar-refractivity contribution is 5.31. The van der Waals surface area contributed by atoms with E-state index >= 15 is 0 Å². The molecule has 1 saturated carbocycles. The van der Waals surface area contributed by atoms with Crippen LogP contribution in [0, 0.1) is 5.41 Å². The summed E-state index contributed by atoms with van der Waals surface area (Å²) < 4.78 is 5.47. The van der Waals surface area contributed by atoms with Crippen LogP contribution in [0.3, 0.4) is 0 Å². The monoisotopic (exact) mass is 249 g/mol. The van der Waals surface area contributed by atoms with E-state index in [-0.39, 0.29) is 18.1 Å². The number of hydrogen-bond donors (Lipinski definition) is 1. The Labute approximate surface area is 109 Å². The Balaban J connectivity index is 2.21. The molecule has 0 aromatic heterocycles. The Morgan fingerprint density at radius 3 is 2.28 bits per heavy atom. The van der Waals surface area contributed by atoms with Crippen LogP contribution in [0.4, 0.5) is 0 Å². The summed E-state index contributed by atoms with van der Waals surface area (Å²) >= 11 is 0. The lowest BCUT2D eigenvalue weighted by Crippen LogP contribution is -2.30. The van der Waals surface area contributed by atoms with Gasteiger partial charge in [-0.15, -0.1) is 0 Å². The van der Waals surface area contributed by atoms with Crippen LogP contribution in [0.15, 0.2) is 24.3 Å². The lowest BCUT2D eigenvalue weighted by molar-refractivity contribution is 0.115. The van der Waals surface area contributed by atoms with Gasteiger partial charge in [0.05, 0.1) is 13.2 Å². The van der Waals surface area contributed by atoms with Crippen LogP contribution in [0.2, 0.25) is 0 Å². The minimum Gasteiger partial charge on any atom is -0.494 e. The molecule has 1 fully saturated rings.